The molecular weight excluding hydrogens is 334 g/mol. The largest absolute Gasteiger partial charge is 0.370 e. The highest BCUT2D eigenvalue weighted by Crippen LogP contribution is 2.38. The Kier molecular flexibility index (Phi) is 5.33. The van der Waals surface area contributed by atoms with Crippen molar-refractivity contribution in [2.24, 2.45) is 16.5 Å². The summed E-state index contributed by atoms with van der Waals surface area (Å²) in [6.45, 7) is 0.694. The van der Waals surface area contributed by atoms with Crippen molar-refractivity contribution in [2.75, 3.05) is 13.6 Å². The predicted octanol–water partition coefficient (Wildman–Crippen LogP) is 2.17. The van der Waals surface area contributed by atoms with Gasteiger partial charge in [-0.05, 0) is 31.2 Å². The highest BCUT2D eigenvalue weighted by molar-refractivity contribution is 7.15. The lowest BCUT2D eigenvalue weighted by atomic mass is 9.90. The molecule has 7 heteroatoms. The lowest BCUT2D eigenvalue weighted by Crippen LogP contribution is -2.34. The third-order valence-corrected chi connectivity index (χ3v) is 5.45. The fourth-order valence-corrected chi connectivity index (χ4v) is 4.18. The summed E-state index contributed by atoms with van der Waals surface area (Å²) in [5, 5.41) is 0.539. The Hall–Kier alpha value is -2.41. The maximum Gasteiger partial charge on any atom is 0.231 e. The third kappa shape index (κ3) is 4.17. The first-order valence-electron chi connectivity index (χ1n) is 8.42. The predicted molar refractivity (Wildman–Crippen MR) is 101 cm³/mol. The van der Waals surface area contributed by atoms with E-state index in [1.54, 1.807) is 0 Å². The zero-order chi connectivity index (χ0) is 17.8. The van der Waals surface area contributed by atoms with Crippen LogP contribution in [-0.4, -0.2) is 35.3 Å². The molecule has 0 fully saturated rings. The number of guanidine groups is 1. The Balaban J connectivity index is 1.70. The number of aromatic nitrogens is 1. The Morgan fingerprint density at radius 3 is 2.84 bits per heavy atom. The van der Waals surface area contributed by atoms with E-state index < -0.39 is 0 Å². The highest BCUT2D eigenvalue weighted by atomic mass is 32.1. The van der Waals surface area contributed by atoms with Crippen molar-refractivity contribution < 1.29 is 4.79 Å². The summed E-state index contributed by atoms with van der Waals surface area (Å²) in [6, 6.07) is 10.2. The van der Waals surface area contributed by atoms with Crippen LogP contribution in [0.1, 0.15) is 34.9 Å². The molecule has 0 saturated heterocycles. The zero-order valence-corrected chi connectivity index (χ0v) is 15.1. The number of thiazole rings is 1. The molecule has 0 aliphatic heterocycles. The van der Waals surface area contributed by atoms with Crippen LogP contribution in [-0.2, 0) is 17.6 Å². The van der Waals surface area contributed by atoms with Crippen molar-refractivity contribution in [1.82, 2.24) is 9.88 Å². The number of nitrogens with two attached hydrogens (primary N) is 2. The van der Waals surface area contributed by atoms with Crippen molar-refractivity contribution in [3.05, 3.63) is 46.5 Å². The maximum atomic E-state index is 12.9. The first-order chi connectivity index (χ1) is 12.0. The standard InChI is InChI=1S/C18H23N5OS/c1-23(11-10-12-6-3-2-4-7-12)16(24)13-8-5-9-14-15(13)21-18(25-14)22-17(19)20/h2-4,6-7,13H,5,8-11H2,1H3,(H4,19,20,21,22). The van der Waals surface area contributed by atoms with Crippen LogP contribution >= 0.6 is 11.3 Å². The lowest BCUT2D eigenvalue weighted by Gasteiger charge is -2.26. The second kappa shape index (κ2) is 7.65. The number of benzene rings is 1. The average molecular weight is 357 g/mol. The molecule has 0 bridgehead atoms. The summed E-state index contributed by atoms with van der Waals surface area (Å²) in [5.74, 6) is -0.0730. The molecule has 0 saturated carbocycles. The number of likely N-dealkylation sites (N-methyl/N-ethyl adjacent to an activating group) is 1. The lowest BCUT2D eigenvalue weighted by molar-refractivity contribution is -0.131. The van der Waals surface area contributed by atoms with Crippen molar-refractivity contribution >= 4 is 28.3 Å². The minimum absolute atomic E-state index is 0.00560. The van der Waals surface area contributed by atoms with Gasteiger partial charge in [0.05, 0.1) is 11.6 Å². The van der Waals surface area contributed by atoms with Gasteiger partial charge >= 0.3 is 0 Å². The van der Waals surface area contributed by atoms with E-state index in [0.717, 1.165) is 36.3 Å². The molecule has 0 radical (unpaired) electrons. The number of aryl methyl sites for hydroxylation is 1. The second-order valence-corrected chi connectivity index (χ2v) is 7.34. The smallest absolute Gasteiger partial charge is 0.231 e. The molecule has 4 N–H and O–H groups in total. The van der Waals surface area contributed by atoms with Crippen LogP contribution in [0, 0.1) is 0 Å². The normalized spacial score (nSPS) is 16.1. The topological polar surface area (TPSA) is 97.6 Å². The molecule has 1 heterocycles. The number of hydrogen-bond acceptors (Lipinski definition) is 4. The zero-order valence-electron chi connectivity index (χ0n) is 14.3. The molecule has 1 aromatic heterocycles. The molecular formula is C18H23N5OS. The number of carbonyl (C=O) groups is 1. The first kappa shape index (κ1) is 17.4. The maximum absolute atomic E-state index is 12.9. The molecule has 25 heavy (non-hydrogen) atoms. The number of carbonyl (C=O) groups excluding carboxylic acids is 1. The van der Waals surface area contributed by atoms with E-state index >= 15 is 0 Å². The minimum Gasteiger partial charge on any atom is -0.370 e. The summed E-state index contributed by atoms with van der Waals surface area (Å²) >= 11 is 1.48. The van der Waals surface area contributed by atoms with Crippen molar-refractivity contribution in [2.45, 2.75) is 31.6 Å². The molecule has 1 aliphatic carbocycles. The third-order valence-electron chi connectivity index (χ3n) is 4.42. The van der Waals surface area contributed by atoms with Crippen LogP contribution in [0.4, 0.5) is 5.13 Å². The number of amides is 1. The molecule has 1 amide bonds. The summed E-state index contributed by atoms with van der Waals surface area (Å²) in [4.78, 5) is 24.4. The summed E-state index contributed by atoms with van der Waals surface area (Å²) in [7, 11) is 1.86. The van der Waals surface area contributed by atoms with Gasteiger partial charge < -0.3 is 16.4 Å². The number of nitrogens with zero attached hydrogens (tertiary/aromatic N) is 3. The van der Waals surface area contributed by atoms with E-state index in [-0.39, 0.29) is 17.8 Å². The molecule has 1 unspecified atom stereocenters. The molecule has 132 valence electrons. The van der Waals surface area contributed by atoms with Crippen molar-refractivity contribution in [1.29, 1.82) is 0 Å². The van der Waals surface area contributed by atoms with Crippen LogP contribution in [0.15, 0.2) is 35.3 Å². The Bertz CT molecular complexity index is 767. The summed E-state index contributed by atoms with van der Waals surface area (Å²) in [6.07, 6.45) is 3.59. The van der Waals surface area contributed by atoms with Gasteiger partial charge in [-0.2, -0.15) is 4.99 Å². The van der Waals surface area contributed by atoms with Gasteiger partial charge in [-0.25, -0.2) is 4.98 Å². The first-order valence-corrected chi connectivity index (χ1v) is 9.24. The van der Waals surface area contributed by atoms with Gasteiger partial charge in [0.2, 0.25) is 11.0 Å². The number of hydrogen-bond donors (Lipinski definition) is 2. The van der Waals surface area contributed by atoms with E-state index in [4.69, 9.17) is 11.5 Å². The second-order valence-electron chi connectivity index (χ2n) is 6.28. The van der Waals surface area contributed by atoms with Gasteiger partial charge in [-0.3, -0.25) is 4.79 Å². The Morgan fingerprint density at radius 2 is 2.12 bits per heavy atom. The number of fused-ring (bicyclic) bond motifs is 1. The molecule has 0 spiro atoms. The van der Waals surface area contributed by atoms with Crippen molar-refractivity contribution in [3.63, 3.8) is 0 Å². The number of aliphatic imine (C=N–C) groups is 1. The minimum atomic E-state index is -0.191. The number of rotatable bonds is 5. The fourth-order valence-electron chi connectivity index (χ4n) is 3.12. The van der Waals surface area contributed by atoms with Crippen LogP contribution < -0.4 is 11.5 Å². The Morgan fingerprint density at radius 1 is 1.36 bits per heavy atom. The Labute approximate surface area is 151 Å². The van der Waals surface area contributed by atoms with E-state index in [2.05, 4.69) is 22.1 Å². The summed E-state index contributed by atoms with van der Waals surface area (Å²) in [5.41, 5.74) is 13.0. The van der Waals surface area contributed by atoms with Crippen LogP contribution in [0.5, 0.6) is 0 Å². The van der Waals surface area contributed by atoms with Crippen LogP contribution in [0.2, 0.25) is 0 Å². The van der Waals surface area contributed by atoms with E-state index in [1.807, 2.05) is 30.1 Å². The van der Waals surface area contributed by atoms with Crippen molar-refractivity contribution in [3.8, 4) is 0 Å². The molecule has 3 rings (SSSR count). The van der Waals surface area contributed by atoms with Crippen LogP contribution in [0.3, 0.4) is 0 Å². The average Bonchev–Trinajstić information content (AvgIpc) is 3.01. The van der Waals surface area contributed by atoms with Gasteiger partial charge in [-0.15, -0.1) is 0 Å². The van der Waals surface area contributed by atoms with Crippen LogP contribution in [0.25, 0.3) is 0 Å². The summed E-state index contributed by atoms with van der Waals surface area (Å²) < 4.78 is 0. The molecule has 1 atom stereocenters. The van der Waals surface area contributed by atoms with E-state index in [9.17, 15) is 4.79 Å². The molecule has 1 aliphatic rings. The van der Waals surface area contributed by atoms with Gasteiger partial charge in [-0.1, -0.05) is 41.7 Å². The quantitative estimate of drug-likeness (QED) is 0.633. The van der Waals surface area contributed by atoms with Gasteiger partial charge in [0.1, 0.15) is 0 Å². The van der Waals surface area contributed by atoms with Gasteiger partial charge in [0, 0.05) is 18.5 Å². The van der Waals surface area contributed by atoms with E-state index in [0.29, 0.717) is 11.7 Å². The van der Waals surface area contributed by atoms with Gasteiger partial charge in [0.15, 0.2) is 5.96 Å². The van der Waals surface area contributed by atoms with E-state index in [1.165, 1.54) is 16.9 Å². The van der Waals surface area contributed by atoms with Gasteiger partial charge in [0.25, 0.3) is 0 Å². The molecule has 6 nitrogen and oxygen atoms in total. The SMILES string of the molecule is CN(CCc1ccccc1)C(=O)C1CCCc2sc(N=C(N)N)nc21. The monoisotopic (exact) mass is 357 g/mol. The molecule has 2 aromatic rings. The molecule has 1 aromatic carbocycles. The highest BCUT2D eigenvalue weighted by Gasteiger charge is 2.32. The fraction of sp³-hybridized carbons (Fsp3) is 0.389.